The van der Waals surface area contributed by atoms with Gasteiger partial charge in [0.25, 0.3) is 11.8 Å². The predicted octanol–water partition coefficient (Wildman–Crippen LogP) is 8.76. The van der Waals surface area contributed by atoms with Gasteiger partial charge in [-0.2, -0.15) is 0 Å². The second-order valence-corrected chi connectivity index (χ2v) is 12.7. The molecule has 5 aromatic rings. The number of aryl methyl sites for hydroxylation is 1. The number of rotatable bonds is 12. The molecule has 1 atom stereocenters. The highest BCUT2D eigenvalue weighted by Gasteiger charge is 2.17. The van der Waals surface area contributed by atoms with Crippen molar-refractivity contribution in [1.29, 1.82) is 0 Å². The summed E-state index contributed by atoms with van der Waals surface area (Å²) in [4.78, 5) is 40.1. The molecule has 3 amide bonds. The van der Waals surface area contributed by atoms with E-state index >= 15 is 0 Å². The maximum absolute atomic E-state index is 13.5. The van der Waals surface area contributed by atoms with Crippen LogP contribution in [0.25, 0.3) is 6.08 Å². The molecule has 1 unspecified atom stereocenters. The Morgan fingerprint density at radius 3 is 2.10 bits per heavy atom. The molecule has 0 heterocycles. The Morgan fingerprint density at radius 1 is 0.792 bits per heavy atom. The lowest BCUT2D eigenvalue weighted by Crippen LogP contribution is -2.30. The second kappa shape index (κ2) is 16.5. The van der Waals surface area contributed by atoms with Crippen molar-refractivity contribution in [3.8, 4) is 5.75 Å². The van der Waals surface area contributed by atoms with Gasteiger partial charge in [-0.15, -0.1) is 11.8 Å². The van der Waals surface area contributed by atoms with Crippen LogP contribution in [0.15, 0.2) is 138 Å². The quantitative estimate of drug-likeness (QED) is 0.0908. The van der Waals surface area contributed by atoms with Gasteiger partial charge in [0.15, 0.2) is 0 Å². The first-order chi connectivity index (χ1) is 23.2. The van der Waals surface area contributed by atoms with Crippen LogP contribution in [0.1, 0.15) is 34.0 Å². The van der Waals surface area contributed by atoms with E-state index in [1.54, 1.807) is 48.5 Å². The van der Waals surface area contributed by atoms with E-state index < -0.39 is 11.8 Å². The number of halogens is 1. The molecule has 7 nitrogen and oxygen atoms in total. The van der Waals surface area contributed by atoms with E-state index in [2.05, 4.69) is 16.0 Å². The molecule has 5 rings (SSSR count). The minimum absolute atomic E-state index is 0.0711. The SMILES string of the molecule is Cc1ccc(NC(=O)C(C)Sc2ccc(NC(=O)/C(=C/c3ccc(OCc4ccccc4)cc3)NC(=O)c3ccccc3)cc2)cc1Cl. The van der Waals surface area contributed by atoms with Crippen LogP contribution in [0.2, 0.25) is 5.02 Å². The smallest absolute Gasteiger partial charge is 0.272 e. The monoisotopic (exact) mass is 675 g/mol. The molecule has 242 valence electrons. The molecule has 0 aliphatic rings. The highest BCUT2D eigenvalue weighted by Crippen LogP contribution is 2.27. The molecular formula is C39H34ClN3O4S. The Balaban J connectivity index is 1.24. The zero-order valence-corrected chi connectivity index (χ0v) is 28.0. The number of benzene rings is 5. The Hall–Kier alpha value is -5.31. The van der Waals surface area contributed by atoms with Crippen molar-refractivity contribution in [3.05, 3.63) is 160 Å². The van der Waals surface area contributed by atoms with Gasteiger partial charge in [0.2, 0.25) is 5.91 Å². The van der Waals surface area contributed by atoms with Crippen molar-refractivity contribution in [2.24, 2.45) is 0 Å². The summed E-state index contributed by atoms with van der Waals surface area (Å²) in [7, 11) is 0. The van der Waals surface area contributed by atoms with Gasteiger partial charge in [-0.05, 0) is 97.3 Å². The number of ether oxygens (including phenoxy) is 1. The molecular weight excluding hydrogens is 642 g/mol. The molecule has 0 saturated heterocycles. The summed E-state index contributed by atoms with van der Waals surface area (Å²) < 4.78 is 5.88. The average molecular weight is 676 g/mol. The highest BCUT2D eigenvalue weighted by molar-refractivity contribution is 8.00. The number of amides is 3. The lowest BCUT2D eigenvalue weighted by atomic mass is 10.1. The molecule has 3 N–H and O–H groups in total. The van der Waals surface area contributed by atoms with Crippen molar-refractivity contribution in [1.82, 2.24) is 5.32 Å². The van der Waals surface area contributed by atoms with Crippen LogP contribution in [-0.2, 0) is 16.2 Å². The van der Waals surface area contributed by atoms with Crippen molar-refractivity contribution in [2.75, 3.05) is 10.6 Å². The topological polar surface area (TPSA) is 96.5 Å². The molecule has 0 aliphatic carbocycles. The molecule has 0 aromatic heterocycles. The summed E-state index contributed by atoms with van der Waals surface area (Å²) >= 11 is 7.58. The Kier molecular flexibility index (Phi) is 11.7. The highest BCUT2D eigenvalue weighted by atomic mass is 35.5. The van der Waals surface area contributed by atoms with Crippen molar-refractivity contribution >= 4 is 58.5 Å². The van der Waals surface area contributed by atoms with Crippen LogP contribution in [0.4, 0.5) is 11.4 Å². The number of hydrogen-bond acceptors (Lipinski definition) is 5. The van der Waals surface area contributed by atoms with Crippen LogP contribution in [0.3, 0.4) is 0 Å². The van der Waals surface area contributed by atoms with Gasteiger partial charge >= 0.3 is 0 Å². The minimum atomic E-state index is -0.492. The first kappa shape index (κ1) is 34.0. The largest absolute Gasteiger partial charge is 0.489 e. The molecule has 0 spiro atoms. The summed E-state index contributed by atoms with van der Waals surface area (Å²) in [6.45, 7) is 4.15. The van der Waals surface area contributed by atoms with E-state index in [1.807, 2.05) is 98.8 Å². The summed E-state index contributed by atoms with van der Waals surface area (Å²) in [5.41, 5.74) is 4.35. The molecule has 0 bridgehead atoms. The molecule has 0 radical (unpaired) electrons. The molecule has 0 fully saturated rings. The summed E-state index contributed by atoms with van der Waals surface area (Å²) in [6, 6.07) is 38.4. The molecule has 9 heteroatoms. The van der Waals surface area contributed by atoms with Gasteiger partial charge in [-0.3, -0.25) is 14.4 Å². The number of carbonyl (C=O) groups is 3. The van der Waals surface area contributed by atoms with Gasteiger partial charge < -0.3 is 20.7 Å². The predicted molar refractivity (Wildman–Crippen MR) is 194 cm³/mol. The number of anilines is 2. The first-order valence-electron chi connectivity index (χ1n) is 15.2. The fourth-order valence-corrected chi connectivity index (χ4v) is 5.55. The standard InChI is InChI=1S/C39H34ClN3O4S/c1-26-13-16-32(24-35(26)40)42-37(44)27(2)48-34-21-17-31(18-22-34)41-39(46)36(43-38(45)30-11-7-4-8-12-30)23-28-14-19-33(20-15-28)47-25-29-9-5-3-6-10-29/h3-24,27H,25H2,1-2H3,(H,41,46)(H,42,44)(H,43,45)/b36-23-. The molecule has 5 aromatic carbocycles. The van der Waals surface area contributed by atoms with Gasteiger partial charge in [-0.25, -0.2) is 0 Å². The Morgan fingerprint density at radius 2 is 1.44 bits per heavy atom. The molecule has 0 aliphatic heterocycles. The van der Waals surface area contributed by atoms with Gasteiger partial charge in [0.05, 0.1) is 5.25 Å². The third-order valence-corrected chi connectivity index (χ3v) is 8.72. The van der Waals surface area contributed by atoms with Crippen LogP contribution < -0.4 is 20.7 Å². The normalized spacial score (nSPS) is 11.7. The zero-order chi connectivity index (χ0) is 33.9. The molecule has 0 saturated carbocycles. The second-order valence-electron chi connectivity index (χ2n) is 10.9. The lowest BCUT2D eigenvalue weighted by molar-refractivity contribution is -0.115. The van der Waals surface area contributed by atoms with Crippen LogP contribution in [0.5, 0.6) is 5.75 Å². The van der Waals surface area contributed by atoms with E-state index in [0.29, 0.717) is 39.9 Å². The van der Waals surface area contributed by atoms with E-state index in [0.717, 1.165) is 16.0 Å². The third kappa shape index (κ3) is 9.84. The number of nitrogens with one attached hydrogen (secondary N) is 3. The van der Waals surface area contributed by atoms with Crippen LogP contribution in [-0.4, -0.2) is 23.0 Å². The molecule has 48 heavy (non-hydrogen) atoms. The van der Waals surface area contributed by atoms with Crippen LogP contribution in [0, 0.1) is 6.92 Å². The van der Waals surface area contributed by atoms with Crippen LogP contribution >= 0.6 is 23.4 Å². The van der Waals surface area contributed by atoms with Gasteiger partial charge in [0.1, 0.15) is 18.1 Å². The number of hydrogen-bond donors (Lipinski definition) is 3. The average Bonchev–Trinajstić information content (AvgIpc) is 3.10. The summed E-state index contributed by atoms with van der Waals surface area (Å²) in [5, 5.41) is 8.73. The van der Waals surface area contributed by atoms with Gasteiger partial charge in [0, 0.05) is 26.9 Å². The fourth-order valence-electron chi connectivity index (χ4n) is 4.50. The summed E-state index contributed by atoms with van der Waals surface area (Å²) in [6.07, 6.45) is 1.61. The fraction of sp³-hybridized carbons (Fsp3) is 0.103. The van der Waals surface area contributed by atoms with E-state index in [1.165, 1.54) is 11.8 Å². The van der Waals surface area contributed by atoms with Gasteiger partial charge in [-0.1, -0.05) is 78.3 Å². The van der Waals surface area contributed by atoms with Crippen molar-refractivity contribution in [3.63, 3.8) is 0 Å². The van der Waals surface area contributed by atoms with Crippen molar-refractivity contribution in [2.45, 2.75) is 30.6 Å². The maximum atomic E-state index is 13.5. The van der Waals surface area contributed by atoms with E-state index in [9.17, 15) is 14.4 Å². The first-order valence-corrected chi connectivity index (χ1v) is 16.5. The Labute approximate surface area is 289 Å². The zero-order valence-electron chi connectivity index (χ0n) is 26.4. The van der Waals surface area contributed by atoms with Crippen molar-refractivity contribution < 1.29 is 19.1 Å². The lowest BCUT2D eigenvalue weighted by Gasteiger charge is -2.14. The third-order valence-electron chi connectivity index (χ3n) is 7.20. The van der Waals surface area contributed by atoms with E-state index in [4.69, 9.17) is 16.3 Å². The van der Waals surface area contributed by atoms with E-state index in [-0.39, 0.29) is 16.9 Å². The summed E-state index contributed by atoms with van der Waals surface area (Å²) in [5.74, 6) is -0.378. The number of thioether (sulfide) groups is 1. The maximum Gasteiger partial charge on any atom is 0.272 e. The minimum Gasteiger partial charge on any atom is -0.489 e. The Bertz CT molecular complexity index is 1900. The number of carbonyl (C=O) groups excluding carboxylic acids is 3.